The van der Waals surface area contributed by atoms with Crippen LogP contribution in [0.5, 0.6) is 0 Å². The number of carbonyl (C=O) groups is 3. The summed E-state index contributed by atoms with van der Waals surface area (Å²) in [6, 6.07) is 14.6. The fourth-order valence-corrected chi connectivity index (χ4v) is 2.82. The maximum Gasteiger partial charge on any atom is 0.410 e. The van der Waals surface area contributed by atoms with Crippen molar-refractivity contribution in [1.82, 2.24) is 10.2 Å². The van der Waals surface area contributed by atoms with Crippen molar-refractivity contribution in [1.29, 1.82) is 0 Å². The van der Waals surface area contributed by atoms with Crippen LogP contribution in [0.1, 0.15) is 21.5 Å². The van der Waals surface area contributed by atoms with Gasteiger partial charge in [0.25, 0.3) is 5.91 Å². The van der Waals surface area contributed by atoms with Crippen molar-refractivity contribution < 1.29 is 19.1 Å². The van der Waals surface area contributed by atoms with Gasteiger partial charge in [-0.3, -0.25) is 14.5 Å². The zero-order chi connectivity index (χ0) is 19.2. The quantitative estimate of drug-likeness (QED) is 0.820. The lowest BCUT2D eigenvalue weighted by Gasteiger charge is -2.14. The number of carbonyl (C=O) groups excluding carboxylic acids is 3. The summed E-state index contributed by atoms with van der Waals surface area (Å²) in [5.74, 6) is -0.666. The third kappa shape index (κ3) is 4.84. The molecule has 7 nitrogen and oxygen atoms in total. The minimum atomic E-state index is -0.505. The molecule has 0 saturated carbocycles. The molecular weight excluding hydrogens is 346 g/mol. The summed E-state index contributed by atoms with van der Waals surface area (Å²) in [5.41, 5.74) is 2.88. The molecule has 0 unspecified atom stereocenters. The largest absolute Gasteiger partial charge is 0.448 e. The van der Waals surface area contributed by atoms with Gasteiger partial charge in [0, 0.05) is 6.54 Å². The molecule has 0 aromatic heterocycles. The normalized spacial score (nSPS) is 13.2. The van der Waals surface area contributed by atoms with E-state index in [-0.39, 0.29) is 25.0 Å². The first kappa shape index (κ1) is 18.4. The Morgan fingerprint density at radius 2 is 1.96 bits per heavy atom. The molecule has 27 heavy (non-hydrogen) atoms. The van der Waals surface area contributed by atoms with Gasteiger partial charge in [0.1, 0.15) is 13.2 Å². The fourth-order valence-electron chi connectivity index (χ4n) is 2.82. The summed E-state index contributed by atoms with van der Waals surface area (Å²) in [7, 11) is 0. The van der Waals surface area contributed by atoms with Crippen molar-refractivity contribution in [3.63, 3.8) is 0 Å². The molecule has 0 aliphatic carbocycles. The van der Waals surface area contributed by atoms with Gasteiger partial charge in [0.05, 0.1) is 17.8 Å². The van der Waals surface area contributed by atoms with E-state index in [2.05, 4.69) is 10.6 Å². The highest BCUT2D eigenvalue weighted by molar-refractivity contribution is 6.04. The van der Waals surface area contributed by atoms with Crippen molar-refractivity contribution >= 4 is 23.6 Å². The second-order valence-electron chi connectivity index (χ2n) is 6.30. The lowest BCUT2D eigenvalue weighted by atomic mass is 10.1. The Morgan fingerprint density at radius 3 is 2.70 bits per heavy atom. The number of hydrogen-bond acceptors (Lipinski definition) is 4. The van der Waals surface area contributed by atoms with Gasteiger partial charge >= 0.3 is 6.09 Å². The van der Waals surface area contributed by atoms with E-state index in [1.807, 2.05) is 31.2 Å². The first-order chi connectivity index (χ1) is 13.0. The number of amides is 3. The lowest BCUT2D eigenvalue weighted by Crippen LogP contribution is -2.34. The van der Waals surface area contributed by atoms with Gasteiger partial charge in [-0.1, -0.05) is 42.0 Å². The lowest BCUT2D eigenvalue weighted by molar-refractivity contribution is -0.116. The third-order valence-corrected chi connectivity index (χ3v) is 4.16. The molecule has 1 fully saturated rings. The van der Waals surface area contributed by atoms with Crippen LogP contribution in [0, 0.1) is 6.92 Å². The van der Waals surface area contributed by atoms with Crippen molar-refractivity contribution in [3.8, 4) is 0 Å². The molecule has 2 aromatic rings. The smallest absolute Gasteiger partial charge is 0.410 e. The van der Waals surface area contributed by atoms with Crippen molar-refractivity contribution in [2.45, 2.75) is 13.5 Å². The molecule has 1 aliphatic heterocycles. The highest BCUT2D eigenvalue weighted by atomic mass is 16.6. The van der Waals surface area contributed by atoms with E-state index in [4.69, 9.17) is 4.74 Å². The molecule has 0 atom stereocenters. The molecule has 0 spiro atoms. The summed E-state index contributed by atoms with van der Waals surface area (Å²) in [5, 5.41) is 5.56. The van der Waals surface area contributed by atoms with Crippen LogP contribution in [0.2, 0.25) is 0 Å². The SMILES string of the molecule is Cc1cccc(CNC(=O)c2ccccc2NC(=O)CN2CCOC2=O)c1. The van der Waals surface area contributed by atoms with Crippen LogP contribution in [0.3, 0.4) is 0 Å². The van der Waals surface area contributed by atoms with Crippen molar-refractivity contribution in [2.24, 2.45) is 0 Å². The number of benzene rings is 2. The Labute approximate surface area is 157 Å². The molecule has 1 saturated heterocycles. The van der Waals surface area contributed by atoms with E-state index in [0.29, 0.717) is 24.3 Å². The number of para-hydroxylation sites is 1. The standard InChI is InChI=1S/C20H21N3O4/c1-14-5-4-6-15(11-14)12-21-19(25)16-7-2-3-8-17(16)22-18(24)13-23-9-10-27-20(23)26/h2-8,11H,9-10,12-13H2,1H3,(H,21,25)(H,22,24). The van der Waals surface area contributed by atoms with Gasteiger partial charge in [-0.05, 0) is 24.6 Å². The molecule has 7 heteroatoms. The van der Waals surface area contributed by atoms with E-state index in [0.717, 1.165) is 11.1 Å². The Bertz CT molecular complexity index is 866. The summed E-state index contributed by atoms with van der Waals surface area (Å²) in [4.78, 5) is 37.5. The molecule has 2 N–H and O–H groups in total. The van der Waals surface area contributed by atoms with Gasteiger partial charge in [0.2, 0.25) is 5.91 Å². The van der Waals surface area contributed by atoms with Gasteiger partial charge in [-0.2, -0.15) is 0 Å². The molecule has 3 rings (SSSR count). The number of cyclic esters (lactones) is 1. The predicted octanol–water partition coefficient (Wildman–Crippen LogP) is 2.32. The zero-order valence-electron chi connectivity index (χ0n) is 15.0. The zero-order valence-corrected chi connectivity index (χ0v) is 15.0. The maximum atomic E-state index is 12.6. The number of anilines is 1. The van der Waals surface area contributed by atoms with E-state index in [9.17, 15) is 14.4 Å². The monoisotopic (exact) mass is 367 g/mol. The summed E-state index contributed by atoms with van der Waals surface area (Å²) < 4.78 is 4.80. The molecule has 140 valence electrons. The van der Waals surface area contributed by atoms with E-state index < -0.39 is 6.09 Å². The Morgan fingerprint density at radius 1 is 1.15 bits per heavy atom. The molecule has 3 amide bonds. The number of ether oxygens (including phenoxy) is 1. The average Bonchev–Trinajstić information content (AvgIpc) is 3.05. The number of aryl methyl sites for hydroxylation is 1. The number of hydrogen-bond donors (Lipinski definition) is 2. The van der Waals surface area contributed by atoms with E-state index in [1.165, 1.54) is 4.90 Å². The van der Waals surface area contributed by atoms with Crippen LogP contribution in [0.15, 0.2) is 48.5 Å². The summed E-state index contributed by atoms with van der Waals surface area (Å²) in [6.45, 7) is 2.93. The van der Waals surface area contributed by atoms with Gasteiger partial charge in [-0.15, -0.1) is 0 Å². The van der Waals surface area contributed by atoms with Crippen LogP contribution < -0.4 is 10.6 Å². The van der Waals surface area contributed by atoms with Gasteiger partial charge in [0.15, 0.2) is 0 Å². The Balaban J connectivity index is 1.63. The second-order valence-corrected chi connectivity index (χ2v) is 6.30. The number of rotatable bonds is 6. The van der Waals surface area contributed by atoms with Gasteiger partial charge in [-0.25, -0.2) is 4.79 Å². The first-order valence-electron chi connectivity index (χ1n) is 8.67. The maximum absolute atomic E-state index is 12.6. The van der Waals surface area contributed by atoms with Crippen LogP contribution in [-0.2, 0) is 16.1 Å². The fraction of sp³-hybridized carbons (Fsp3) is 0.250. The average molecular weight is 367 g/mol. The Hall–Kier alpha value is -3.35. The van der Waals surface area contributed by atoms with E-state index in [1.54, 1.807) is 24.3 Å². The first-order valence-corrected chi connectivity index (χ1v) is 8.67. The summed E-state index contributed by atoms with van der Waals surface area (Å²) in [6.07, 6.45) is -0.505. The van der Waals surface area contributed by atoms with Crippen molar-refractivity contribution in [3.05, 3.63) is 65.2 Å². The molecule has 1 heterocycles. The minimum absolute atomic E-state index is 0.113. The molecule has 0 radical (unpaired) electrons. The molecule has 1 aliphatic rings. The molecule has 0 bridgehead atoms. The van der Waals surface area contributed by atoms with Crippen LogP contribution in [0.4, 0.5) is 10.5 Å². The van der Waals surface area contributed by atoms with Crippen LogP contribution >= 0.6 is 0 Å². The third-order valence-electron chi connectivity index (χ3n) is 4.16. The number of nitrogens with zero attached hydrogens (tertiary/aromatic N) is 1. The predicted molar refractivity (Wildman–Crippen MR) is 100 cm³/mol. The topological polar surface area (TPSA) is 87.7 Å². The minimum Gasteiger partial charge on any atom is -0.448 e. The highest BCUT2D eigenvalue weighted by Crippen LogP contribution is 2.16. The highest BCUT2D eigenvalue weighted by Gasteiger charge is 2.24. The molecular formula is C20H21N3O4. The molecule has 2 aromatic carbocycles. The summed E-state index contributed by atoms with van der Waals surface area (Å²) >= 11 is 0. The van der Waals surface area contributed by atoms with E-state index >= 15 is 0 Å². The second kappa shape index (κ2) is 8.35. The van der Waals surface area contributed by atoms with Crippen LogP contribution in [0.25, 0.3) is 0 Å². The Kier molecular flexibility index (Phi) is 5.71. The van der Waals surface area contributed by atoms with Crippen molar-refractivity contribution in [2.75, 3.05) is 25.0 Å². The number of nitrogens with one attached hydrogen (secondary N) is 2. The van der Waals surface area contributed by atoms with Crippen LogP contribution in [-0.4, -0.2) is 42.5 Å². The van der Waals surface area contributed by atoms with Gasteiger partial charge < -0.3 is 15.4 Å².